The Balaban J connectivity index is 1.81. The maximum atomic E-state index is 12.0. The monoisotopic (exact) mass is 414 g/mol. The van der Waals surface area contributed by atoms with E-state index in [-0.39, 0.29) is 5.91 Å². The van der Waals surface area contributed by atoms with Gasteiger partial charge in [-0.25, -0.2) is 0 Å². The summed E-state index contributed by atoms with van der Waals surface area (Å²) in [6.45, 7) is 2.73. The van der Waals surface area contributed by atoms with E-state index in [2.05, 4.69) is 27.6 Å². The fraction of sp³-hybridized carbons (Fsp3) is 0.286. The van der Waals surface area contributed by atoms with Crippen LogP contribution >= 0.6 is 23.4 Å². The van der Waals surface area contributed by atoms with Crippen molar-refractivity contribution in [2.75, 3.05) is 6.54 Å². The third-order valence-electron chi connectivity index (χ3n) is 4.13. The fourth-order valence-corrected chi connectivity index (χ4v) is 3.84. The predicted octanol–water partition coefficient (Wildman–Crippen LogP) is 4.67. The summed E-state index contributed by atoms with van der Waals surface area (Å²) in [7, 11) is 0. The molecule has 0 bridgehead atoms. The molecule has 1 amide bonds. The van der Waals surface area contributed by atoms with Gasteiger partial charge >= 0.3 is 0 Å². The Morgan fingerprint density at radius 3 is 2.71 bits per heavy atom. The number of amides is 1. The Bertz CT molecular complexity index is 914. The molecule has 5 nitrogen and oxygen atoms in total. The second-order valence-electron chi connectivity index (χ2n) is 6.34. The van der Waals surface area contributed by atoms with Gasteiger partial charge in [-0.15, -0.1) is 10.2 Å². The normalized spacial score (nSPS) is 10.8. The van der Waals surface area contributed by atoms with E-state index < -0.39 is 0 Å². The Morgan fingerprint density at radius 1 is 1.14 bits per heavy atom. The molecule has 0 radical (unpaired) electrons. The van der Waals surface area contributed by atoms with Crippen molar-refractivity contribution in [3.05, 3.63) is 71.0 Å². The third-order valence-corrected chi connectivity index (χ3v) is 5.36. The molecule has 0 saturated carbocycles. The number of aromatic nitrogens is 3. The number of thioether (sulfide) groups is 1. The van der Waals surface area contributed by atoms with Gasteiger partial charge in [-0.05, 0) is 30.2 Å². The topological polar surface area (TPSA) is 59.8 Å². The van der Waals surface area contributed by atoms with Crippen molar-refractivity contribution in [2.45, 2.75) is 37.1 Å². The molecule has 1 N–H and O–H groups in total. The van der Waals surface area contributed by atoms with E-state index in [4.69, 9.17) is 11.6 Å². The van der Waals surface area contributed by atoms with Crippen LogP contribution in [0.3, 0.4) is 0 Å². The lowest BCUT2D eigenvalue weighted by molar-refractivity contribution is -0.121. The first-order chi connectivity index (χ1) is 13.7. The van der Waals surface area contributed by atoms with Crippen LogP contribution < -0.4 is 5.32 Å². The summed E-state index contributed by atoms with van der Waals surface area (Å²) in [5, 5.41) is 13.1. The number of hydrogen-bond donors (Lipinski definition) is 1. The third kappa shape index (κ3) is 5.59. The maximum Gasteiger partial charge on any atom is 0.220 e. The molecular weight excluding hydrogens is 392 g/mol. The average Bonchev–Trinajstić information content (AvgIpc) is 3.12. The van der Waals surface area contributed by atoms with E-state index in [1.807, 2.05) is 54.0 Å². The van der Waals surface area contributed by atoms with Gasteiger partial charge in [-0.2, -0.15) is 0 Å². The highest BCUT2D eigenvalue weighted by Crippen LogP contribution is 2.27. The van der Waals surface area contributed by atoms with Gasteiger partial charge < -0.3 is 5.32 Å². The molecule has 0 fully saturated rings. The van der Waals surface area contributed by atoms with Crippen molar-refractivity contribution in [2.24, 2.45) is 0 Å². The van der Waals surface area contributed by atoms with Crippen molar-refractivity contribution in [1.29, 1.82) is 0 Å². The summed E-state index contributed by atoms with van der Waals surface area (Å²) >= 11 is 7.81. The zero-order chi connectivity index (χ0) is 19.8. The van der Waals surface area contributed by atoms with Crippen LogP contribution in [-0.4, -0.2) is 27.2 Å². The van der Waals surface area contributed by atoms with E-state index in [1.165, 1.54) is 5.56 Å². The molecule has 1 aromatic heterocycles. The fourth-order valence-electron chi connectivity index (χ4n) is 2.73. The summed E-state index contributed by atoms with van der Waals surface area (Å²) in [5.41, 5.74) is 2.12. The van der Waals surface area contributed by atoms with Crippen LogP contribution in [0.2, 0.25) is 5.02 Å². The van der Waals surface area contributed by atoms with Crippen LogP contribution in [0.1, 0.15) is 31.2 Å². The van der Waals surface area contributed by atoms with Crippen molar-refractivity contribution in [1.82, 2.24) is 20.1 Å². The first-order valence-corrected chi connectivity index (χ1v) is 10.7. The first-order valence-electron chi connectivity index (χ1n) is 9.31. The largest absolute Gasteiger partial charge is 0.356 e. The molecule has 0 atom stereocenters. The van der Waals surface area contributed by atoms with Crippen molar-refractivity contribution in [3.8, 4) is 5.69 Å². The minimum Gasteiger partial charge on any atom is -0.356 e. The van der Waals surface area contributed by atoms with Crippen LogP contribution in [0.15, 0.2) is 59.8 Å². The molecule has 0 saturated heterocycles. The summed E-state index contributed by atoms with van der Waals surface area (Å²) in [5.74, 6) is 1.57. The van der Waals surface area contributed by atoms with E-state index in [1.54, 1.807) is 11.8 Å². The van der Waals surface area contributed by atoms with E-state index >= 15 is 0 Å². The standard InChI is InChI=1S/C21H23ClN4OS/c1-2-13-23-20(27)12-11-19-24-25-21(28-15-16-7-4-3-5-8-16)26(19)18-10-6-9-17(22)14-18/h3-10,14H,2,11-13,15H2,1H3,(H,23,27). The lowest BCUT2D eigenvalue weighted by Crippen LogP contribution is -2.24. The summed E-state index contributed by atoms with van der Waals surface area (Å²) < 4.78 is 1.99. The van der Waals surface area contributed by atoms with Gasteiger partial charge in [0.25, 0.3) is 0 Å². The van der Waals surface area contributed by atoms with Gasteiger partial charge in [0, 0.05) is 30.2 Å². The Morgan fingerprint density at radius 2 is 1.96 bits per heavy atom. The molecule has 0 unspecified atom stereocenters. The van der Waals surface area contributed by atoms with Crippen LogP contribution in [0.4, 0.5) is 0 Å². The number of halogens is 1. The van der Waals surface area contributed by atoms with Crippen LogP contribution in [0.25, 0.3) is 5.69 Å². The number of nitrogens with one attached hydrogen (secondary N) is 1. The Labute approximate surface area is 174 Å². The van der Waals surface area contributed by atoms with Crippen molar-refractivity contribution < 1.29 is 4.79 Å². The molecule has 28 heavy (non-hydrogen) atoms. The van der Waals surface area contributed by atoms with Crippen LogP contribution in [0, 0.1) is 0 Å². The van der Waals surface area contributed by atoms with Crippen molar-refractivity contribution >= 4 is 29.3 Å². The molecule has 3 aromatic rings. The highest BCUT2D eigenvalue weighted by molar-refractivity contribution is 7.98. The molecule has 0 aliphatic heterocycles. The quantitative estimate of drug-likeness (QED) is 0.517. The molecule has 146 valence electrons. The number of carbonyl (C=O) groups is 1. The lowest BCUT2D eigenvalue weighted by atomic mass is 10.2. The molecule has 3 rings (SSSR count). The number of carbonyl (C=O) groups excluding carboxylic acids is 1. The number of rotatable bonds is 9. The van der Waals surface area contributed by atoms with Gasteiger partial charge in [-0.1, -0.05) is 66.7 Å². The number of benzene rings is 2. The average molecular weight is 415 g/mol. The minimum absolute atomic E-state index is 0.0287. The van der Waals surface area contributed by atoms with Gasteiger partial charge in [0.05, 0.1) is 5.69 Å². The van der Waals surface area contributed by atoms with E-state index in [9.17, 15) is 4.79 Å². The molecule has 2 aromatic carbocycles. The van der Waals surface area contributed by atoms with E-state index in [0.717, 1.165) is 28.8 Å². The van der Waals surface area contributed by atoms with Gasteiger partial charge in [0.1, 0.15) is 5.82 Å². The van der Waals surface area contributed by atoms with Crippen LogP contribution in [-0.2, 0) is 17.0 Å². The Hall–Kier alpha value is -2.31. The highest BCUT2D eigenvalue weighted by atomic mass is 35.5. The molecule has 0 spiro atoms. The number of hydrogen-bond acceptors (Lipinski definition) is 4. The van der Waals surface area contributed by atoms with E-state index in [0.29, 0.717) is 24.4 Å². The molecular formula is C21H23ClN4OS. The minimum atomic E-state index is 0.0287. The molecule has 1 heterocycles. The number of nitrogens with zero attached hydrogens (tertiary/aromatic N) is 3. The van der Waals surface area contributed by atoms with Gasteiger partial charge in [0.2, 0.25) is 5.91 Å². The maximum absolute atomic E-state index is 12.0. The first kappa shape index (κ1) is 20.4. The summed E-state index contributed by atoms with van der Waals surface area (Å²) in [6, 6.07) is 17.8. The van der Waals surface area contributed by atoms with Crippen LogP contribution in [0.5, 0.6) is 0 Å². The predicted molar refractivity (Wildman–Crippen MR) is 114 cm³/mol. The van der Waals surface area contributed by atoms with Crippen molar-refractivity contribution in [3.63, 3.8) is 0 Å². The van der Waals surface area contributed by atoms with Gasteiger partial charge in [-0.3, -0.25) is 9.36 Å². The molecule has 7 heteroatoms. The second-order valence-corrected chi connectivity index (χ2v) is 7.72. The molecule has 0 aliphatic carbocycles. The SMILES string of the molecule is CCCNC(=O)CCc1nnc(SCc2ccccc2)n1-c1cccc(Cl)c1. The lowest BCUT2D eigenvalue weighted by Gasteiger charge is -2.11. The zero-order valence-electron chi connectivity index (χ0n) is 15.8. The summed E-state index contributed by atoms with van der Waals surface area (Å²) in [6.07, 6.45) is 1.81. The smallest absolute Gasteiger partial charge is 0.220 e. The summed E-state index contributed by atoms with van der Waals surface area (Å²) in [4.78, 5) is 12.0. The zero-order valence-corrected chi connectivity index (χ0v) is 17.3. The Kier molecular flexibility index (Phi) is 7.51. The second kappa shape index (κ2) is 10.3. The highest BCUT2D eigenvalue weighted by Gasteiger charge is 2.16. The molecule has 0 aliphatic rings. The number of aryl methyl sites for hydroxylation is 1. The van der Waals surface area contributed by atoms with Gasteiger partial charge in [0.15, 0.2) is 5.16 Å².